The van der Waals surface area contributed by atoms with Gasteiger partial charge in [0, 0.05) is 18.7 Å². The standard InChI is InChI=1S/C14H16FN3O3/c1-9-13(16-17-14(19)21-9)10-2-3-12(11(15)8-10)18-4-6-20-7-5-18/h2-3,8-9H,4-7H2,1H3,(H,17,19). The zero-order chi connectivity index (χ0) is 14.8. The summed E-state index contributed by atoms with van der Waals surface area (Å²) in [5.41, 5.74) is 3.88. The van der Waals surface area contributed by atoms with Crippen LogP contribution in [0.25, 0.3) is 0 Å². The lowest BCUT2D eigenvalue weighted by Gasteiger charge is -2.29. The molecule has 1 aromatic rings. The molecule has 0 aliphatic carbocycles. The third-order valence-electron chi connectivity index (χ3n) is 3.53. The maximum absolute atomic E-state index is 14.3. The van der Waals surface area contributed by atoms with E-state index < -0.39 is 12.2 Å². The summed E-state index contributed by atoms with van der Waals surface area (Å²) in [7, 11) is 0. The van der Waals surface area contributed by atoms with Crippen molar-refractivity contribution in [2.45, 2.75) is 13.0 Å². The minimum Gasteiger partial charge on any atom is -0.439 e. The Labute approximate surface area is 121 Å². The van der Waals surface area contributed by atoms with Crippen molar-refractivity contribution in [3.63, 3.8) is 0 Å². The molecule has 1 amide bonds. The molecule has 2 aliphatic heterocycles. The lowest BCUT2D eigenvalue weighted by Crippen LogP contribution is -2.38. The molecule has 3 rings (SSSR count). The Kier molecular flexibility index (Phi) is 3.74. The van der Waals surface area contributed by atoms with Gasteiger partial charge in [0.15, 0.2) is 0 Å². The quantitative estimate of drug-likeness (QED) is 0.897. The van der Waals surface area contributed by atoms with Gasteiger partial charge in [0.2, 0.25) is 0 Å². The number of hydrogen-bond acceptors (Lipinski definition) is 5. The van der Waals surface area contributed by atoms with Crippen LogP contribution in [0.1, 0.15) is 12.5 Å². The average Bonchev–Trinajstić information content (AvgIpc) is 2.48. The number of ether oxygens (including phenoxy) is 2. The number of nitrogens with zero attached hydrogens (tertiary/aromatic N) is 2. The minimum absolute atomic E-state index is 0.318. The Morgan fingerprint density at radius 1 is 1.38 bits per heavy atom. The van der Waals surface area contributed by atoms with E-state index in [-0.39, 0.29) is 5.82 Å². The van der Waals surface area contributed by atoms with Gasteiger partial charge in [-0.1, -0.05) is 6.07 Å². The van der Waals surface area contributed by atoms with Crippen LogP contribution < -0.4 is 10.3 Å². The summed E-state index contributed by atoms with van der Waals surface area (Å²) in [4.78, 5) is 13.0. The molecule has 1 fully saturated rings. The number of carbonyl (C=O) groups is 1. The van der Waals surface area contributed by atoms with E-state index in [0.29, 0.717) is 43.3 Å². The number of nitrogens with one attached hydrogen (secondary N) is 1. The number of hydrogen-bond donors (Lipinski definition) is 1. The van der Waals surface area contributed by atoms with Crippen LogP contribution in [0, 0.1) is 5.82 Å². The SMILES string of the molecule is CC1OC(=O)NN=C1c1ccc(N2CCOCC2)c(F)c1. The molecule has 6 nitrogen and oxygen atoms in total. The van der Waals surface area contributed by atoms with E-state index in [1.807, 2.05) is 4.90 Å². The normalized spacial score (nSPS) is 22.4. The first kappa shape index (κ1) is 13.8. The number of benzene rings is 1. The van der Waals surface area contributed by atoms with Gasteiger partial charge < -0.3 is 14.4 Å². The average molecular weight is 293 g/mol. The lowest BCUT2D eigenvalue weighted by molar-refractivity contribution is 0.122. The Bertz CT molecular complexity index is 585. The zero-order valence-electron chi connectivity index (χ0n) is 11.6. The molecular formula is C14H16FN3O3. The summed E-state index contributed by atoms with van der Waals surface area (Å²) in [6.45, 7) is 4.25. The van der Waals surface area contributed by atoms with Crippen molar-refractivity contribution in [2.75, 3.05) is 31.2 Å². The fraction of sp³-hybridized carbons (Fsp3) is 0.429. The molecule has 0 radical (unpaired) electrons. The van der Waals surface area contributed by atoms with Gasteiger partial charge in [-0.15, -0.1) is 0 Å². The number of cyclic esters (lactones) is 1. The van der Waals surface area contributed by atoms with Crippen molar-refractivity contribution < 1.29 is 18.7 Å². The van der Waals surface area contributed by atoms with Crippen LogP contribution in [-0.4, -0.2) is 44.2 Å². The smallest absolute Gasteiger partial charge is 0.428 e. The fourth-order valence-corrected chi connectivity index (χ4v) is 2.47. The van der Waals surface area contributed by atoms with Crippen LogP contribution in [0.3, 0.4) is 0 Å². The number of amides is 1. The number of carbonyl (C=O) groups excluding carboxylic acids is 1. The topological polar surface area (TPSA) is 63.2 Å². The highest BCUT2D eigenvalue weighted by atomic mass is 19.1. The van der Waals surface area contributed by atoms with Crippen molar-refractivity contribution in [2.24, 2.45) is 5.10 Å². The Morgan fingerprint density at radius 2 is 2.14 bits per heavy atom. The summed E-state index contributed by atoms with van der Waals surface area (Å²) >= 11 is 0. The zero-order valence-corrected chi connectivity index (χ0v) is 11.6. The molecule has 1 atom stereocenters. The molecule has 112 valence electrons. The maximum atomic E-state index is 14.3. The van der Waals surface area contributed by atoms with Crippen LogP contribution in [0.4, 0.5) is 14.9 Å². The van der Waals surface area contributed by atoms with Crippen molar-refractivity contribution in [3.05, 3.63) is 29.6 Å². The first-order chi connectivity index (χ1) is 10.1. The second-order valence-electron chi connectivity index (χ2n) is 4.92. The molecule has 0 bridgehead atoms. The molecule has 1 saturated heterocycles. The third-order valence-corrected chi connectivity index (χ3v) is 3.53. The van der Waals surface area contributed by atoms with Crippen molar-refractivity contribution >= 4 is 17.5 Å². The van der Waals surface area contributed by atoms with Crippen LogP contribution in [-0.2, 0) is 9.47 Å². The second kappa shape index (κ2) is 5.69. The Hall–Kier alpha value is -2.15. The predicted octanol–water partition coefficient (Wildman–Crippen LogP) is 1.49. The van der Waals surface area contributed by atoms with E-state index in [9.17, 15) is 9.18 Å². The van der Waals surface area contributed by atoms with Crippen LogP contribution >= 0.6 is 0 Å². The van der Waals surface area contributed by atoms with Gasteiger partial charge in [0.1, 0.15) is 17.6 Å². The molecular weight excluding hydrogens is 277 g/mol. The highest BCUT2D eigenvalue weighted by molar-refractivity contribution is 6.05. The summed E-state index contributed by atoms with van der Waals surface area (Å²) < 4.78 is 24.6. The molecule has 0 spiro atoms. The van der Waals surface area contributed by atoms with Gasteiger partial charge in [-0.25, -0.2) is 14.6 Å². The summed E-state index contributed by atoms with van der Waals surface area (Å²) in [5.74, 6) is -0.318. The third kappa shape index (κ3) is 2.82. The minimum atomic E-state index is -0.600. The van der Waals surface area contributed by atoms with E-state index >= 15 is 0 Å². The molecule has 1 unspecified atom stereocenters. The summed E-state index contributed by atoms with van der Waals surface area (Å²) in [6, 6.07) is 4.92. The van der Waals surface area contributed by atoms with Gasteiger partial charge in [0.25, 0.3) is 0 Å². The van der Waals surface area contributed by atoms with Crippen LogP contribution in [0.15, 0.2) is 23.3 Å². The highest BCUT2D eigenvalue weighted by Gasteiger charge is 2.24. The summed E-state index contributed by atoms with van der Waals surface area (Å²) in [5, 5.41) is 3.94. The van der Waals surface area contributed by atoms with E-state index in [1.54, 1.807) is 19.1 Å². The summed E-state index contributed by atoms with van der Waals surface area (Å²) in [6.07, 6.45) is -1.11. The van der Waals surface area contributed by atoms with E-state index in [4.69, 9.17) is 9.47 Å². The van der Waals surface area contributed by atoms with Gasteiger partial charge >= 0.3 is 6.09 Å². The second-order valence-corrected chi connectivity index (χ2v) is 4.92. The maximum Gasteiger partial charge on any atom is 0.428 e. The monoisotopic (exact) mass is 293 g/mol. The van der Waals surface area contributed by atoms with Crippen LogP contribution in [0.2, 0.25) is 0 Å². The molecule has 2 heterocycles. The molecule has 0 aromatic heterocycles. The van der Waals surface area contributed by atoms with Gasteiger partial charge in [-0.2, -0.15) is 5.10 Å². The molecule has 2 aliphatic rings. The van der Waals surface area contributed by atoms with Crippen LogP contribution in [0.5, 0.6) is 0 Å². The fourth-order valence-electron chi connectivity index (χ4n) is 2.47. The molecule has 1 aromatic carbocycles. The number of rotatable bonds is 2. The lowest BCUT2D eigenvalue weighted by atomic mass is 10.0. The first-order valence-electron chi connectivity index (χ1n) is 6.82. The van der Waals surface area contributed by atoms with Crippen molar-refractivity contribution in [3.8, 4) is 0 Å². The highest BCUT2D eigenvalue weighted by Crippen LogP contribution is 2.23. The van der Waals surface area contributed by atoms with Gasteiger partial charge in [-0.3, -0.25) is 0 Å². The van der Waals surface area contributed by atoms with E-state index in [1.165, 1.54) is 6.07 Å². The van der Waals surface area contributed by atoms with E-state index in [0.717, 1.165) is 0 Å². The number of halogens is 1. The van der Waals surface area contributed by atoms with Crippen molar-refractivity contribution in [1.29, 1.82) is 0 Å². The van der Waals surface area contributed by atoms with E-state index in [2.05, 4.69) is 10.5 Å². The van der Waals surface area contributed by atoms with Gasteiger partial charge in [-0.05, 0) is 19.1 Å². The number of anilines is 1. The van der Waals surface area contributed by atoms with Crippen molar-refractivity contribution in [1.82, 2.24) is 5.43 Å². The molecule has 7 heteroatoms. The molecule has 0 saturated carbocycles. The van der Waals surface area contributed by atoms with Gasteiger partial charge in [0.05, 0.1) is 18.9 Å². The number of hydrazone groups is 1. The largest absolute Gasteiger partial charge is 0.439 e. The Morgan fingerprint density at radius 3 is 2.81 bits per heavy atom. The molecule has 1 N–H and O–H groups in total. The molecule has 21 heavy (non-hydrogen) atoms. The predicted molar refractivity (Wildman–Crippen MR) is 75.0 cm³/mol. The Balaban J connectivity index is 1.85. The first-order valence-corrected chi connectivity index (χ1v) is 6.82. The number of morpholine rings is 1.